The van der Waals surface area contributed by atoms with Crippen molar-refractivity contribution in [2.24, 2.45) is 9.98 Å². The largest absolute Gasteiger partial charge is 0.292 e. The summed E-state index contributed by atoms with van der Waals surface area (Å²) in [5, 5.41) is 7.31. The number of amidine groups is 1. The van der Waals surface area contributed by atoms with Crippen LogP contribution in [0, 0.1) is 12.3 Å². The Labute approximate surface area is 103 Å². The molecular formula is C12H13N5O. The second-order valence-electron chi connectivity index (χ2n) is 4.35. The van der Waals surface area contributed by atoms with Gasteiger partial charge in [-0.15, -0.1) is 0 Å². The highest BCUT2D eigenvalue weighted by molar-refractivity contribution is 6.40. The number of rotatable bonds is 1. The highest BCUT2D eigenvalue weighted by atomic mass is 16.1. The fourth-order valence-corrected chi connectivity index (χ4v) is 2.28. The first kappa shape index (κ1) is 10.9. The number of fused-ring (bicyclic) bond motifs is 1. The molecule has 1 aromatic rings. The molecule has 3 heterocycles. The van der Waals surface area contributed by atoms with Crippen molar-refractivity contribution in [2.45, 2.75) is 26.4 Å². The number of dihydropyridines is 1. The first-order valence-corrected chi connectivity index (χ1v) is 5.86. The molecule has 1 N–H and O–H groups in total. The van der Waals surface area contributed by atoms with Crippen molar-refractivity contribution >= 4 is 23.4 Å². The van der Waals surface area contributed by atoms with E-state index in [9.17, 15) is 4.79 Å². The maximum atomic E-state index is 12.1. The Bertz CT molecular complexity index is 653. The van der Waals surface area contributed by atoms with Gasteiger partial charge in [-0.3, -0.25) is 14.9 Å². The molecule has 0 amide bonds. The minimum absolute atomic E-state index is 0.0417. The molecule has 1 aromatic heterocycles. The molecule has 0 aliphatic carbocycles. The zero-order chi connectivity index (χ0) is 12.7. The molecule has 0 saturated carbocycles. The van der Waals surface area contributed by atoms with Crippen LogP contribution in [-0.4, -0.2) is 27.1 Å². The van der Waals surface area contributed by atoms with E-state index in [1.807, 2.05) is 11.6 Å². The number of hydrogen-bond donors (Lipinski definition) is 1. The van der Waals surface area contributed by atoms with Gasteiger partial charge in [-0.25, -0.2) is 14.7 Å². The van der Waals surface area contributed by atoms with Crippen molar-refractivity contribution in [2.75, 3.05) is 0 Å². The Morgan fingerprint density at radius 3 is 2.78 bits per heavy atom. The van der Waals surface area contributed by atoms with Crippen LogP contribution in [0.1, 0.15) is 12.1 Å². The molecule has 92 valence electrons. The zero-order valence-electron chi connectivity index (χ0n) is 10.1. The van der Waals surface area contributed by atoms with Gasteiger partial charge in [0.15, 0.2) is 5.69 Å². The Balaban J connectivity index is 2.07. The fourth-order valence-electron chi connectivity index (χ4n) is 2.28. The quantitative estimate of drug-likeness (QED) is 0.786. The number of allylic oxidation sites excluding steroid dienone is 1. The van der Waals surface area contributed by atoms with Crippen LogP contribution in [-0.2, 0) is 13.1 Å². The van der Waals surface area contributed by atoms with Crippen LogP contribution < -0.4 is 5.56 Å². The molecular weight excluding hydrogens is 230 g/mol. The summed E-state index contributed by atoms with van der Waals surface area (Å²) in [6, 6.07) is 0. The van der Waals surface area contributed by atoms with Crippen molar-refractivity contribution in [1.82, 2.24) is 9.36 Å². The van der Waals surface area contributed by atoms with Gasteiger partial charge in [0, 0.05) is 13.1 Å². The van der Waals surface area contributed by atoms with Crippen molar-refractivity contribution in [1.29, 1.82) is 5.41 Å². The maximum absolute atomic E-state index is 12.1. The lowest BCUT2D eigenvalue weighted by Crippen LogP contribution is -2.16. The van der Waals surface area contributed by atoms with Crippen molar-refractivity contribution in [3.63, 3.8) is 0 Å². The normalized spacial score (nSPS) is 19.8. The van der Waals surface area contributed by atoms with Gasteiger partial charge in [-0.2, -0.15) is 0 Å². The monoisotopic (exact) mass is 243 g/mol. The summed E-state index contributed by atoms with van der Waals surface area (Å²) in [5.74, 6) is 0.196. The lowest BCUT2D eigenvalue weighted by Gasteiger charge is -2.01. The number of hydrogen-bond acceptors (Lipinski definition) is 3. The van der Waals surface area contributed by atoms with Crippen molar-refractivity contribution in [3.05, 3.63) is 28.2 Å². The second kappa shape index (κ2) is 3.90. The molecule has 6 nitrogen and oxygen atoms in total. The third-order valence-electron chi connectivity index (χ3n) is 3.19. The summed E-state index contributed by atoms with van der Waals surface area (Å²) in [7, 11) is 0. The Morgan fingerprint density at radius 1 is 1.33 bits per heavy atom. The van der Waals surface area contributed by atoms with E-state index in [-0.39, 0.29) is 11.4 Å². The molecule has 0 bridgehead atoms. The minimum Gasteiger partial charge on any atom is -0.285 e. The molecule has 0 saturated heterocycles. The molecule has 3 rings (SSSR count). The number of nitrogens with zero attached hydrogens (tertiary/aromatic N) is 4. The van der Waals surface area contributed by atoms with Gasteiger partial charge in [0.05, 0.1) is 17.6 Å². The van der Waals surface area contributed by atoms with Crippen LogP contribution in [0.15, 0.2) is 26.9 Å². The summed E-state index contributed by atoms with van der Waals surface area (Å²) < 4.78 is 3.72. The van der Waals surface area contributed by atoms with Gasteiger partial charge in [0.2, 0.25) is 0 Å². The Hall–Kier alpha value is -2.24. The smallest absolute Gasteiger partial charge is 0.285 e. The van der Waals surface area contributed by atoms with Gasteiger partial charge in [-0.05, 0) is 25.5 Å². The van der Waals surface area contributed by atoms with Gasteiger partial charge < -0.3 is 0 Å². The Morgan fingerprint density at radius 2 is 2.11 bits per heavy atom. The number of aliphatic imine (C=N–C) groups is 2. The van der Waals surface area contributed by atoms with E-state index in [0.29, 0.717) is 11.4 Å². The van der Waals surface area contributed by atoms with Gasteiger partial charge >= 0.3 is 0 Å². The topological polar surface area (TPSA) is 75.5 Å². The summed E-state index contributed by atoms with van der Waals surface area (Å²) in [5.41, 5.74) is 1.94. The average molecular weight is 243 g/mol. The van der Waals surface area contributed by atoms with Crippen LogP contribution in [0.3, 0.4) is 0 Å². The molecule has 6 heteroatoms. The molecule has 18 heavy (non-hydrogen) atoms. The van der Waals surface area contributed by atoms with Gasteiger partial charge in [-0.1, -0.05) is 0 Å². The van der Waals surface area contributed by atoms with Gasteiger partial charge in [0.1, 0.15) is 5.84 Å². The zero-order valence-corrected chi connectivity index (χ0v) is 10.1. The third kappa shape index (κ3) is 1.57. The van der Waals surface area contributed by atoms with E-state index >= 15 is 0 Å². The standard InChI is InChI=1S/C12H13N5O/c1-8-11(12(18)17-6-2-5-16(8)17)15-9-3-4-10(13)14-7-9/h3-4,7,13H,2,5-6H2,1H3/b13-10?,15-9+. The predicted molar refractivity (Wildman–Crippen MR) is 70.5 cm³/mol. The van der Waals surface area contributed by atoms with Crippen LogP contribution in [0.4, 0.5) is 5.69 Å². The lowest BCUT2D eigenvalue weighted by atomic mass is 10.3. The number of nitrogens with one attached hydrogen (secondary N) is 1. The fraction of sp³-hybridized carbons (Fsp3) is 0.333. The second-order valence-corrected chi connectivity index (χ2v) is 4.35. The minimum atomic E-state index is -0.0417. The lowest BCUT2D eigenvalue weighted by molar-refractivity contribution is 0.582. The molecule has 0 unspecified atom stereocenters. The highest BCUT2D eigenvalue weighted by Crippen LogP contribution is 2.19. The average Bonchev–Trinajstić information content (AvgIpc) is 2.92. The van der Waals surface area contributed by atoms with E-state index in [0.717, 1.165) is 25.2 Å². The molecule has 0 aromatic carbocycles. The maximum Gasteiger partial charge on any atom is 0.292 e. The van der Waals surface area contributed by atoms with Crippen molar-refractivity contribution in [3.8, 4) is 0 Å². The third-order valence-corrected chi connectivity index (χ3v) is 3.19. The van der Waals surface area contributed by atoms with Crippen LogP contribution in [0.25, 0.3) is 0 Å². The molecule has 0 spiro atoms. The van der Waals surface area contributed by atoms with Gasteiger partial charge in [0.25, 0.3) is 5.56 Å². The van der Waals surface area contributed by atoms with E-state index in [1.54, 1.807) is 16.8 Å². The SMILES string of the molecule is Cc1c(/N=C2\C=CC(=N)N=C2)c(=O)n2n1CCC2. The molecule has 2 aliphatic rings. The van der Waals surface area contributed by atoms with Crippen LogP contribution >= 0.6 is 0 Å². The molecule has 0 radical (unpaired) electrons. The summed E-state index contributed by atoms with van der Waals surface area (Å²) in [6.45, 7) is 3.55. The Kier molecular flexibility index (Phi) is 2.36. The molecule has 2 aliphatic heterocycles. The highest BCUT2D eigenvalue weighted by Gasteiger charge is 2.20. The predicted octanol–water partition coefficient (Wildman–Crippen LogP) is 1.05. The molecule has 0 fully saturated rings. The molecule has 0 atom stereocenters. The van der Waals surface area contributed by atoms with E-state index in [4.69, 9.17) is 5.41 Å². The first-order chi connectivity index (χ1) is 8.66. The van der Waals surface area contributed by atoms with Crippen LogP contribution in [0.2, 0.25) is 0 Å². The number of aromatic nitrogens is 2. The van der Waals surface area contributed by atoms with E-state index in [1.165, 1.54) is 6.21 Å². The summed E-state index contributed by atoms with van der Waals surface area (Å²) >= 11 is 0. The summed E-state index contributed by atoms with van der Waals surface area (Å²) in [4.78, 5) is 20.3. The van der Waals surface area contributed by atoms with Crippen molar-refractivity contribution < 1.29 is 0 Å². The van der Waals surface area contributed by atoms with Crippen LogP contribution in [0.5, 0.6) is 0 Å². The van der Waals surface area contributed by atoms with E-state index in [2.05, 4.69) is 9.98 Å². The van der Waals surface area contributed by atoms with E-state index < -0.39 is 0 Å². The summed E-state index contributed by atoms with van der Waals surface area (Å²) in [6.07, 6.45) is 5.78. The first-order valence-electron chi connectivity index (χ1n) is 5.86.